The maximum Gasteiger partial charge on any atom is 0.407 e. The lowest BCUT2D eigenvalue weighted by Crippen LogP contribution is -2.47. The van der Waals surface area contributed by atoms with Crippen LogP contribution in [0.1, 0.15) is 59.9 Å². The Kier molecular flexibility index (Phi) is 11.5. The van der Waals surface area contributed by atoms with Gasteiger partial charge in [-0.05, 0) is 60.6 Å². The van der Waals surface area contributed by atoms with Crippen molar-refractivity contribution in [3.05, 3.63) is 35.9 Å². The molecular weight excluding hydrogens is 436 g/mol. The number of hydrogen-bond acceptors (Lipinski definition) is 7. The average Bonchev–Trinajstić information content (AvgIpc) is 2.63. The summed E-state index contributed by atoms with van der Waals surface area (Å²) >= 11 is 0. The molecule has 0 saturated carbocycles. The largest absolute Gasteiger partial charge is 0.459 e. The minimum atomic E-state index is -0.644. The molecule has 0 aliphatic heterocycles. The summed E-state index contributed by atoms with van der Waals surface area (Å²) in [6, 6.07) is 9.63. The van der Waals surface area contributed by atoms with Gasteiger partial charge >= 0.3 is 12.1 Å². The van der Waals surface area contributed by atoms with E-state index in [1.807, 2.05) is 25.2 Å². The van der Waals surface area contributed by atoms with Gasteiger partial charge < -0.3 is 19.7 Å². The zero-order valence-electron chi connectivity index (χ0n) is 21.9. The molecule has 2 amide bonds. The number of hydrazine groups is 1. The number of benzene rings is 1. The van der Waals surface area contributed by atoms with Crippen LogP contribution in [0.3, 0.4) is 0 Å². The number of ether oxygens (including phenoxy) is 2. The van der Waals surface area contributed by atoms with Gasteiger partial charge in [0, 0.05) is 32.6 Å². The quantitative estimate of drug-likeness (QED) is 0.372. The lowest BCUT2D eigenvalue weighted by molar-refractivity contribution is -0.156. The maximum atomic E-state index is 12.6. The Hall–Kier alpha value is -2.65. The first-order chi connectivity index (χ1) is 15.6. The van der Waals surface area contributed by atoms with Crippen molar-refractivity contribution in [1.82, 2.24) is 20.7 Å². The average molecular weight is 479 g/mol. The van der Waals surface area contributed by atoms with Gasteiger partial charge in [-0.15, -0.1) is 0 Å². The van der Waals surface area contributed by atoms with E-state index in [4.69, 9.17) is 9.47 Å². The van der Waals surface area contributed by atoms with Crippen molar-refractivity contribution >= 4 is 18.0 Å². The van der Waals surface area contributed by atoms with Crippen molar-refractivity contribution in [2.45, 2.75) is 78.2 Å². The number of nitrogens with zero attached hydrogens (tertiary/aromatic N) is 2. The third kappa shape index (κ3) is 14.5. The van der Waals surface area contributed by atoms with Crippen molar-refractivity contribution in [3.8, 4) is 0 Å². The summed E-state index contributed by atoms with van der Waals surface area (Å²) in [5, 5.41) is 4.19. The number of likely N-dealkylation sites (N-methyl/N-ethyl adjacent to an activating group) is 1. The molecule has 1 aromatic rings. The molecule has 192 valence electrons. The Labute approximate surface area is 204 Å². The number of hydrogen-bond donors (Lipinski definition) is 2. The van der Waals surface area contributed by atoms with Crippen molar-refractivity contribution in [3.63, 3.8) is 0 Å². The predicted octanol–water partition coefficient (Wildman–Crippen LogP) is 3.10. The van der Waals surface area contributed by atoms with Crippen LogP contribution in [0.4, 0.5) is 4.79 Å². The maximum absolute atomic E-state index is 12.6. The summed E-state index contributed by atoms with van der Waals surface area (Å²) < 4.78 is 10.6. The van der Waals surface area contributed by atoms with Gasteiger partial charge in [-0.1, -0.05) is 30.3 Å². The van der Waals surface area contributed by atoms with E-state index < -0.39 is 29.3 Å². The second-order valence-electron chi connectivity index (χ2n) is 10.5. The highest BCUT2D eigenvalue weighted by Crippen LogP contribution is 2.10. The molecule has 0 radical (unpaired) electrons. The molecule has 0 saturated heterocycles. The van der Waals surface area contributed by atoms with Gasteiger partial charge in [0.05, 0.1) is 0 Å². The Bertz CT molecular complexity index is 787. The SMILES string of the molecule is CN(CC[C@@H](CC(=O)NN(C)CC(=O)OC(C)(C)C)NC(=O)OC(C)(C)C)Cc1ccccc1. The van der Waals surface area contributed by atoms with E-state index in [-0.39, 0.29) is 18.9 Å². The molecule has 0 aromatic heterocycles. The molecule has 0 heterocycles. The summed E-state index contributed by atoms with van der Waals surface area (Å²) in [6.07, 6.45) is 0.0150. The van der Waals surface area contributed by atoms with E-state index in [0.717, 1.165) is 6.54 Å². The molecule has 2 N–H and O–H groups in total. The number of nitrogens with one attached hydrogen (secondary N) is 2. The van der Waals surface area contributed by atoms with Gasteiger partial charge in [0.1, 0.15) is 17.7 Å². The van der Waals surface area contributed by atoms with Gasteiger partial charge in [0.25, 0.3) is 0 Å². The normalized spacial score (nSPS) is 12.9. The van der Waals surface area contributed by atoms with Gasteiger partial charge in [-0.25, -0.2) is 9.80 Å². The summed E-state index contributed by atoms with van der Waals surface area (Å²) in [7, 11) is 3.58. The fourth-order valence-corrected chi connectivity index (χ4v) is 3.14. The Balaban J connectivity index is 2.67. The zero-order valence-corrected chi connectivity index (χ0v) is 21.9. The number of amides is 2. The first-order valence-electron chi connectivity index (χ1n) is 11.6. The first-order valence-corrected chi connectivity index (χ1v) is 11.6. The molecule has 1 rings (SSSR count). The molecule has 1 atom stereocenters. The van der Waals surface area contributed by atoms with Gasteiger partial charge in [0.2, 0.25) is 5.91 Å². The Morgan fingerprint density at radius 3 is 2.09 bits per heavy atom. The molecule has 34 heavy (non-hydrogen) atoms. The summed E-state index contributed by atoms with van der Waals surface area (Å²) in [5.41, 5.74) is 2.60. The van der Waals surface area contributed by atoms with Crippen LogP contribution in [0.2, 0.25) is 0 Å². The van der Waals surface area contributed by atoms with E-state index in [1.165, 1.54) is 10.6 Å². The monoisotopic (exact) mass is 478 g/mol. The van der Waals surface area contributed by atoms with Crippen LogP contribution >= 0.6 is 0 Å². The fourth-order valence-electron chi connectivity index (χ4n) is 3.14. The smallest absolute Gasteiger partial charge is 0.407 e. The highest BCUT2D eigenvalue weighted by Gasteiger charge is 2.23. The highest BCUT2D eigenvalue weighted by atomic mass is 16.6. The molecule has 0 unspecified atom stereocenters. The molecule has 9 heteroatoms. The minimum absolute atomic E-state index is 0.0388. The van der Waals surface area contributed by atoms with Crippen LogP contribution in [0, 0.1) is 0 Å². The molecule has 0 bridgehead atoms. The lowest BCUT2D eigenvalue weighted by atomic mass is 10.1. The van der Waals surface area contributed by atoms with Gasteiger partial charge in [-0.3, -0.25) is 15.0 Å². The van der Waals surface area contributed by atoms with Crippen LogP contribution in [0.15, 0.2) is 30.3 Å². The summed E-state index contributed by atoms with van der Waals surface area (Å²) in [5.74, 6) is -0.765. The predicted molar refractivity (Wildman–Crippen MR) is 132 cm³/mol. The van der Waals surface area contributed by atoms with E-state index in [1.54, 1.807) is 48.6 Å². The molecule has 1 aromatic carbocycles. The first kappa shape index (κ1) is 29.4. The van der Waals surface area contributed by atoms with Crippen molar-refractivity contribution in [1.29, 1.82) is 0 Å². The van der Waals surface area contributed by atoms with E-state index in [2.05, 4.69) is 27.8 Å². The van der Waals surface area contributed by atoms with E-state index >= 15 is 0 Å². The van der Waals surface area contributed by atoms with Crippen LogP contribution < -0.4 is 10.7 Å². The number of alkyl carbamates (subject to hydrolysis) is 1. The fraction of sp³-hybridized carbons (Fsp3) is 0.640. The second kappa shape index (κ2) is 13.3. The summed E-state index contributed by atoms with van der Waals surface area (Å²) in [6.45, 7) is 12.0. The number of carbonyl (C=O) groups excluding carboxylic acids is 3. The van der Waals surface area contributed by atoms with Crippen molar-refractivity contribution in [2.24, 2.45) is 0 Å². The third-order valence-electron chi connectivity index (χ3n) is 4.41. The van der Waals surface area contributed by atoms with Crippen LogP contribution in [-0.4, -0.2) is 72.3 Å². The highest BCUT2D eigenvalue weighted by molar-refractivity contribution is 5.78. The number of rotatable bonds is 11. The minimum Gasteiger partial charge on any atom is -0.459 e. The zero-order chi connectivity index (χ0) is 25.9. The van der Waals surface area contributed by atoms with Gasteiger partial charge in [0.15, 0.2) is 0 Å². The van der Waals surface area contributed by atoms with Crippen LogP contribution in [-0.2, 0) is 25.6 Å². The van der Waals surface area contributed by atoms with Crippen molar-refractivity contribution < 1.29 is 23.9 Å². The molecule has 0 fully saturated rings. The van der Waals surface area contributed by atoms with Gasteiger partial charge in [-0.2, -0.15) is 0 Å². The number of esters is 1. The Morgan fingerprint density at radius 1 is 0.941 bits per heavy atom. The molecule has 9 nitrogen and oxygen atoms in total. The topological polar surface area (TPSA) is 100 Å². The second-order valence-corrected chi connectivity index (χ2v) is 10.5. The Morgan fingerprint density at radius 2 is 1.53 bits per heavy atom. The van der Waals surface area contributed by atoms with E-state index in [9.17, 15) is 14.4 Å². The van der Waals surface area contributed by atoms with E-state index in [0.29, 0.717) is 13.0 Å². The number of carbonyl (C=O) groups is 3. The molecule has 0 aliphatic rings. The van der Waals surface area contributed by atoms with Crippen LogP contribution in [0.5, 0.6) is 0 Å². The van der Waals surface area contributed by atoms with Crippen LogP contribution in [0.25, 0.3) is 0 Å². The summed E-state index contributed by atoms with van der Waals surface area (Å²) in [4.78, 5) is 39.1. The van der Waals surface area contributed by atoms with Crippen molar-refractivity contribution in [2.75, 3.05) is 27.2 Å². The molecule has 0 spiro atoms. The lowest BCUT2D eigenvalue weighted by Gasteiger charge is -2.26. The standard InChI is InChI=1S/C25H42N4O5/c1-24(2,3)33-22(31)18-29(8)27-21(30)16-20(26-23(32)34-25(4,5)6)14-15-28(7)17-19-12-10-9-11-13-19/h9-13,20H,14-18H2,1-8H3,(H,26,32)(H,27,30)/t20-/m0/s1. The third-order valence-corrected chi connectivity index (χ3v) is 4.41. The molecule has 0 aliphatic carbocycles. The molecular formula is C25H42N4O5.